The minimum Gasteiger partial charge on any atom is -0.352 e. The van der Waals surface area contributed by atoms with Gasteiger partial charge in [0, 0.05) is 21.7 Å². The normalized spacial score (nSPS) is 15.3. The van der Waals surface area contributed by atoms with Crippen molar-refractivity contribution in [1.29, 1.82) is 0 Å². The van der Waals surface area contributed by atoms with Crippen molar-refractivity contribution in [3.8, 4) is 0 Å². The van der Waals surface area contributed by atoms with E-state index < -0.39 is 15.0 Å². The fourth-order valence-corrected chi connectivity index (χ4v) is 3.75. The highest BCUT2D eigenvalue weighted by Crippen LogP contribution is 2.32. The molecule has 0 unspecified atom stereocenters. The van der Waals surface area contributed by atoms with Crippen LogP contribution in [0.4, 0.5) is 0 Å². The van der Waals surface area contributed by atoms with Gasteiger partial charge in [0.05, 0.1) is 10.6 Å². The van der Waals surface area contributed by atoms with Gasteiger partial charge in [-0.2, -0.15) is 0 Å². The largest absolute Gasteiger partial charge is 0.352 e. The minimum atomic E-state index is -4.00. The molecule has 1 saturated carbocycles. The first-order valence-electron chi connectivity index (χ1n) is 5.51. The zero-order valence-corrected chi connectivity index (χ0v) is 13.5. The highest BCUT2D eigenvalue weighted by molar-refractivity contribution is 9.10. The molecule has 1 N–H and O–H groups in total. The Morgan fingerprint density at radius 2 is 2.05 bits per heavy atom. The lowest BCUT2D eigenvalue weighted by Gasteiger charge is -2.09. The molecule has 1 aliphatic rings. The molecule has 104 valence electrons. The van der Waals surface area contributed by atoms with Gasteiger partial charge in [0.1, 0.15) is 4.90 Å². The van der Waals surface area contributed by atoms with E-state index in [0.717, 1.165) is 12.8 Å². The number of hydrogen-bond donors (Lipinski definition) is 1. The average Bonchev–Trinajstić information content (AvgIpc) is 3.11. The Labute approximate surface area is 129 Å². The Hall–Kier alpha value is -0.300. The molecular weight excluding hydrogens is 377 g/mol. The van der Waals surface area contributed by atoms with E-state index in [9.17, 15) is 13.2 Å². The molecular formula is C11H10BrCl2NO3S. The zero-order chi connectivity index (χ0) is 14.2. The molecule has 0 saturated heterocycles. The van der Waals surface area contributed by atoms with Gasteiger partial charge in [0.15, 0.2) is 0 Å². The Kier molecular flexibility index (Phi) is 4.45. The van der Waals surface area contributed by atoms with Crippen LogP contribution >= 0.6 is 38.2 Å². The minimum absolute atomic E-state index is 0.0934. The quantitative estimate of drug-likeness (QED) is 0.808. The molecule has 0 radical (unpaired) electrons. The van der Waals surface area contributed by atoms with Crippen molar-refractivity contribution >= 4 is 53.2 Å². The highest BCUT2D eigenvalue weighted by Gasteiger charge is 2.25. The first kappa shape index (κ1) is 15.1. The average molecular weight is 387 g/mol. The van der Waals surface area contributed by atoms with Gasteiger partial charge in [-0.05, 0) is 30.9 Å². The van der Waals surface area contributed by atoms with E-state index in [-0.39, 0.29) is 15.5 Å². The van der Waals surface area contributed by atoms with Crippen molar-refractivity contribution in [2.45, 2.75) is 17.7 Å². The molecule has 4 nitrogen and oxygen atoms in total. The molecule has 1 aromatic carbocycles. The van der Waals surface area contributed by atoms with Crippen LogP contribution in [0.3, 0.4) is 0 Å². The van der Waals surface area contributed by atoms with Gasteiger partial charge in [-0.25, -0.2) is 8.42 Å². The third-order valence-electron chi connectivity index (χ3n) is 2.76. The molecule has 0 heterocycles. The van der Waals surface area contributed by atoms with Crippen LogP contribution in [-0.2, 0) is 9.05 Å². The van der Waals surface area contributed by atoms with E-state index in [1.807, 2.05) is 0 Å². The van der Waals surface area contributed by atoms with E-state index in [1.165, 1.54) is 12.1 Å². The Balaban J connectivity index is 2.33. The number of amides is 1. The van der Waals surface area contributed by atoms with Crippen LogP contribution in [0.25, 0.3) is 0 Å². The van der Waals surface area contributed by atoms with Gasteiger partial charge in [0.25, 0.3) is 15.0 Å². The van der Waals surface area contributed by atoms with Crippen molar-refractivity contribution in [1.82, 2.24) is 5.32 Å². The maximum Gasteiger partial charge on any atom is 0.262 e. The molecule has 8 heteroatoms. The van der Waals surface area contributed by atoms with E-state index in [2.05, 4.69) is 21.2 Å². The lowest BCUT2D eigenvalue weighted by molar-refractivity contribution is 0.0951. The maximum atomic E-state index is 12.0. The molecule has 0 aliphatic heterocycles. The Morgan fingerprint density at radius 1 is 1.42 bits per heavy atom. The summed E-state index contributed by atoms with van der Waals surface area (Å²) >= 11 is 9.08. The van der Waals surface area contributed by atoms with E-state index in [1.54, 1.807) is 0 Å². The molecule has 1 aromatic rings. The molecule has 1 amide bonds. The number of nitrogens with one attached hydrogen (secondary N) is 1. The Morgan fingerprint density at radius 3 is 2.58 bits per heavy atom. The van der Waals surface area contributed by atoms with E-state index in [0.29, 0.717) is 16.9 Å². The summed E-state index contributed by atoms with van der Waals surface area (Å²) < 4.78 is 23.2. The van der Waals surface area contributed by atoms with Gasteiger partial charge in [-0.15, -0.1) is 0 Å². The number of hydrogen-bond acceptors (Lipinski definition) is 3. The third-order valence-corrected chi connectivity index (χ3v) is 5.08. The van der Waals surface area contributed by atoms with Crippen LogP contribution in [0, 0.1) is 5.92 Å². The lowest BCUT2D eigenvalue weighted by Crippen LogP contribution is -2.26. The summed E-state index contributed by atoms with van der Waals surface area (Å²) in [5, 5.41) is 2.56. The molecule has 19 heavy (non-hydrogen) atoms. The second-order valence-electron chi connectivity index (χ2n) is 4.36. The summed E-state index contributed by atoms with van der Waals surface area (Å²) in [4.78, 5) is 11.7. The predicted molar refractivity (Wildman–Crippen MR) is 77.2 cm³/mol. The molecule has 0 atom stereocenters. The van der Waals surface area contributed by atoms with E-state index >= 15 is 0 Å². The first-order valence-corrected chi connectivity index (χ1v) is 8.99. The van der Waals surface area contributed by atoms with Crippen molar-refractivity contribution < 1.29 is 13.2 Å². The Bertz CT molecular complexity index is 629. The van der Waals surface area contributed by atoms with Crippen LogP contribution in [0.15, 0.2) is 21.5 Å². The predicted octanol–water partition coefficient (Wildman–Crippen LogP) is 3.17. The standard InChI is InChI=1S/C11H10BrCl2NO3S/c12-7-3-8(11(16)15-5-6-1-2-6)10(13)9(4-7)19(14,17)18/h3-4,6H,1-2,5H2,(H,15,16). The highest BCUT2D eigenvalue weighted by atomic mass is 79.9. The SMILES string of the molecule is O=C(NCC1CC1)c1cc(Br)cc(S(=O)(=O)Cl)c1Cl. The monoisotopic (exact) mass is 385 g/mol. The number of carbonyl (C=O) groups excluding carboxylic acids is 1. The fraction of sp³-hybridized carbons (Fsp3) is 0.364. The summed E-state index contributed by atoms with van der Waals surface area (Å²) in [6.07, 6.45) is 2.21. The molecule has 0 aromatic heterocycles. The molecule has 1 aliphatic carbocycles. The topological polar surface area (TPSA) is 63.2 Å². The van der Waals surface area contributed by atoms with Crippen molar-refractivity contribution in [3.63, 3.8) is 0 Å². The van der Waals surface area contributed by atoms with Gasteiger partial charge in [-0.3, -0.25) is 4.79 Å². The molecule has 1 fully saturated rings. The van der Waals surface area contributed by atoms with Crippen LogP contribution in [-0.4, -0.2) is 20.9 Å². The maximum absolute atomic E-state index is 12.0. The van der Waals surface area contributed by atoms with Crippen LogP contribution < -0.4 is 5.32 Å². The van der Waals surface area contributed by atoms with Crippen molar-refractivity contribution in [2.75, 3.05) is 6.54 Å². The van der Waals surface area contributed by atoms with Gasteiger partial charge < -0.3 is 5.32 Å². The molecule has 2 rings (SSSR count). The van der Waals surface area contributed by atoms with Crippen molar-refractivity contribution in [2.24, 2.45) is 5.92 Å². The first-order chi connectivity index (χ1) is 8.79. The van der Waals surface area contributed by atoms with Crippen LogP contribution in [0.1, 0.15) is 23.2 Å². The third kappa shape index (κ3) is 3.84. The lowest BCUT2D eigenvalue weighted by atomic mass is 10.2. The number of halogens is 3. The van der Waals surface area contributed by atoms with Crippen molar-refractivity contribution in [3.05, 3.63) is 27.2 Å². The van der Waals surface area contributed by atoms with E-state index in [4.69, 9.17) is 22.3 Å². The van der Waals surface area contributed by atoms with Gasteiger partial charge in [-0.1, -0.05) is 27.5 Å². The van der Waals surface area contributed by atoms with Crippen LogP contribution in [0.5, 0.6) is 0 Å². The number of carbonyl (C=O) groups is 1. The summed E-state index contributed by atoms with van der Waals surface area (Å²) in [5.41, 5.74) is 0.0934. The summed E-state index contributed by atoms with van der Waals surface area (Å²) in [6, 6.07) is 2.73. The molecule has 0 spiro atoms. The van der Waals surface area contributed by atoms with Gasteiger partial charge in [0.2, 0.25) is 0 Å². The number of benzene rings is 1. The fourth-order valence-electron chi connectivity index (χ4n) is 1.56. The van der Waals surface area contributed by atoms with Crippen LogP contribution in [0.2, 0.25) is 5.02 Å². The second-order valence-corrected chi connectivity index (χ2v) is 8.18. The smallest absolute Gasteiger partial charge is 0.262 e. The zero-order valence-electron chi connectivity index (χ0n) is 9.62. The molecule has 0 bridgehead atoms. The summed E-state index contributed by atoms with van der Waals surface area (Å²) in [5.74, 6) is 0.117. The number of rotatable bonds is 4. The second kappa shape index (κ2) is 5.60. The summed E-state index contributed by atoms with van der Waals surface area (Å²) in [7, 11) is 1.28. The summed E-state index contributed by atoms with van der Waals surface area (Å²) in [6.45, 7) is 0.574. The van der Waals surface area contributed by atoms with Gasteiger partial charge >= 0.3 is 0 Å².